The van der Waals surface area contributed by atoms with Crippen molar-refractivity contribution in [2.45, 2.75) is 33.3 Å². The zero-order valence-electron chi connectivity index (χ0n) is 8.83. The number of ether oxygens (including phenoxy) is 1. The molecule has 0 N–H and O–H groups in total. The van der Waals surface area contributed by atoms with Crippen LogP contribution in [0.25, 0.3) is 0 Å². The molecule has 0 bridgehead atoms. The summed E-state index contributed by atoms with van der Waals surface area (Å²) < 4.78 is 5.45. The van der Waals surface area contributed by atoms with Gasteiger partial charge in [0.2, 0.25) is 0 Å². The lowest BCUT2D eigenvalue weighted by molar-refractivity contribution is 0.116. The van der Waals surface area contributed by atoms with Crippen molar-refractivity contribution in [2.24, 2.45) is 0 Å². The van der Waals surface area contributed by atoms with Gasteiger partial charge in [-0.05, 0) is 33.8 Å². The van der Waals surface area contributed by atoms with Gasteiger partial charge in [-0.2, -0.15) is 10.2 Å². The van der Waals surface area contributed by atoms with Gasteiger partial charge < -0.3 is 4.74 Å². The molecule has 14 heavy (non-hydrogen) atoms. The summed E-state index contributed by atoms with van der Waals surface area (Å²) in [5.41, 5.74) is 0.716. The van der Waals surface area contributed by atoms with Crippen LogP contribution < -0.4 is 4.74 Å². The quantitative estimate of drug-likeness (QED) is 0.679. The van der Waals surface area contributed by atoms with E-state index in [0.717, 1.165) is 5.69 Å². The van der Waals surface area contributed by atoms with Crippen molar-refractivity contribution < 1.29 is 4.74 Å². The van der Waals surface area contributed by atoms with Gasteiger partial charge >= 0.3 is 6.01 Å². The molecular weight excluding hydrogens is 178 g/mol. The molecule has 1 heterocycles. The van der Waals surface area contributed by atoms with Crippen LogP contribution in [0.4, 0.5) is 0 Å². The fourth-order valence-electron chi connectivity index (χ4n) is 0.918. The molecule has 4 nitrogen and oxygen atoms in total. The minimum Gasteiger partial charge on any atom is -0.458 e. The second-order valence-electron chi connectivity index (χ2n) is 4.00. The molecule has 0 fully saturated rings. The van der Waals surface area contributed by atoms with Crippen LogP contribution in [-0.2, 0) is 0 Å². The predicted octanol–water partition coefficient (Wildman–Crippen LogP) is 1.83. The molecular formula is C10H13N3O. The Bertz CT molecular complexity index is 374. The summed E-state index contributed by atoms with van der Waals surface area (Å²) in [6, 6.07) is 3.84. The molecule has 0 aliphatic rings. The predicted molar refractivity (Wildman–Crippen MR) is 51.9 cm³/mol. The number of aromatic nitrogens is 2. The van der Waals surface area contributed by atoms with E-state index in [2.05, 4.69) is 9.97 Å². The molecule has 0 aliphatic heterocycles. The number of hydrogen-bond donors (Lipinski definition) is 0. The van der Waals surface area contributed by atoms with E-state index in [4.69, 9.17) is 10.00 Å². The Morgan fingerprint density at radius 1 is 1.36 bits per heavy atom. The molecule has 0 atom stereocenters. The summed E-state index contributed by atoms with van der Waals surface area (Å²) in [6.45, 7) is 7.53. The van der Waals surface area contributed by atoms with Crippen LogP contribution in [0.5, 0.6) is 6.01 Å². The lowest BCUT2D eigenvalue weighted by Crippen LogP contribution is -2.24. The van der Waals surface area contributed by atoms with Crippen LogP contribution in [0.2, 0.25) is 0 Å². The van der Waals surface area contributed by atoms with E-state index in [1.165, 1.54) is 0 Å². The molecule has 0 spiro atoms. The van der Waals surface area contributed by atoms with Crippen molar-refractivity contribution in [1.29, 1.82) is 5.26 Å². The van der Waals surface area contributed by atoms with Crippen LogP contribution in [0.3, 0.4) is 0 Å². The Morgan fingerprint density at radius 2 is 2.00 bits per heavy atom. The first-order valence-corrected chi connectivity index (χ1v) is 4.35. The zero-order valence-corrected chi connectivity index (χ0v) is 8.83. The Hall–Kier alpha value is -1.63. The smallest absolute Gasteiger partial charge is 0.318 e. The van der Waals surface area contributed by atoms with Crippen molar-refractivity contribution in [3.63, 3.8) is 0 Å². The van der Waals surface area contributed by atoms with E-state index >= 15 is 0 Å². The van der Waals surface area contributed by atoms with Crippen molar-refractivity contribution in [1.82, 2.24) is 9.97 Å². The molecule has 1 aromatic rings. The molecule has 0 saturated heterocycles. The second kappa shape index (κ2) is 3.62. The van der Waals surface area contributed by atoms with Crippen LogP contribution >= 0.6 is 0 Å². The highest BCUT2D eigenvalue weighted by atomic mass is 16.5. The van der Waals surface area contributed by atoms with Gasteiger partial charge in [-0.1, -0.05) is 0 Å². The average molecular weight is 191 g/mol. The molecule has 74 valence electrons. The van der Waals surface area contributed by atoms with Crippen LogP contribution in [-0.4, -0.2) is 15.6 Å². The largest absolute Gasteiger partial charge is 0.458 e. The number of nitrogens with zero attached hydrogens (tertiary/aromatic N) is 3. The monoisotopic (exact) mass is 191 g/mol. The third-order valence-corrected chi connectivity index (χ3v) is 1.35. The summed E-state index contributed by atoms with van der Waals surface area (Å²) in [5, 5.41) is 8.69. The van der Waals surface area contributed by atoms with Crippen molar-refractivity contribution in [3.05, 3.63) is 17.5 Å². The van der Waals surface area contributed by atoms with Gasteiger partial charge in [0, 0.05) is 5.69 Å². The van der Waals surface area contributed by atoms with E-state index < -0.39 is 0 Å². The van der Waals surface area contributed by atoms with Gasteiger partial charge in [-0.25, -0.2) is 4.98 Å². The molecule has 0 aliphatic carbocycles. The summed E-state index contributed by atoms with van der Waals surface area (Å²) in [4.78, 5) is 8.03. The molecule has 1 rings (SSSR count). The highest BCUT2D eigenvalue weighted by molar-refractivity contribution is 5.23. The third-order valence-electron chi connectivity index (χ3n) is 1.35. The Balaban J connectivity index is 3.00. The molecule has 4 heteroatoms. The maximum atomic E-state index is 8.69. The van der Waals surface area contributed by atoms with Crippen LogP contribution in [0.15, 0.2) is 6.07 Å². The Kier molecular flexibility index (Phi) is 2.70. The maximum Gasteiger partial charge on any atom is 0.318 e. The number of aryl methyl sites for hydroxylation is 1. The van der Waals surface area contributed by atoms with E-state index in [0.29, 0.717) is 5.69 Å². The summed E-state index contributed by atoms with van der Waals surface area (Å²) >= 11 is 0. The fraction of sp³-hybridized carbons (Fsp3) is 0.500. The van der Waals surface area contributed by atoms with Gasteiger partial charge in [0.15, 0.2) is 0 Å². The van der Waals surface area contributed by atoms with E-state index in [1.807, 2.05) is 26.8 Å². The minimum atomic E-state index is -0.347. The Labute approximate surface area is 83.6 Å². The van der Waals surface area contributed by atoms with E-state index in [-0.39, 0.29) is 11.6 Å². The normalized spacial score (nSPS) is 10.8. The lowest BCUT2D eigenvalue weighted by atomic mass is 10.2. The van der Waals surface area contributed by atoms with Gasteiger partial charge in [-0.15, -0.1) is 0 Å². The molecule has 0 unspecified atom stereocenters. The summed E-state index contributed by atoms with van der Waals surface area (Å²) in [6.07, 6.45) is 0. The lowest BCUT2D eigenvalue weighted by Gasteiger charge is -2.19. The van der Waals surface area contributed by atoms with E-state index in [1.54, 1.807) is 13.0 Å². The zero-order chi connectivity index (χ0) is 10.8. The first-order chi connectivity index (χ1) is 6.40. The topological polar surface area (TPSA) is 58.8 Å². The molecule has 1 aromatic heterocycles. The summed E-state index contributed by atoms with van der Waals surface area (Å²) in [7, 11) is 0. The van der Waals surface area contributed by atoms with Crippen molar-refractivity contribution in [2.75, 3.05) is 0 Å². The summed E-state index contributed by atoms with van der Waals surface area (Å²) in [5.74, 6) is 0. The van der Waals surface area contributed by atoms with Gasteiger partial charge in [-0.3, -0.25) is 0 Å². The van der Waals surface area contributed by atoms with Crippen molar-refractivity contribution >= 4 is 0 Å². The van der Waals surface area contributed by atoms with Crippen LogP contribution in [0.1, 0.15) is 32.2 Å². The third kappa shape index (κ3) is 3.02. The minimum absolute atomic E-state index is 0.258. The molecule has 0 amide bonds. The number of rotatable bonds is 1. The van der Waals surface area contributed by atoms with Gasteiger partial charge in [0.25, 0.3) is 0 Å². The van der Waals surface area contributed by atoms with Gasteiger partial charge in [0.05, 0.1) is 0 Å². The number of hydrogen-bond acceptors (Lipinski definition) is 4. The average Bonchev–Trinajstić information content (AvgIpc) is 1.99. The first-order valence-electron chi connectivity index (χ1n) is 4.35. The standard InChI is InChI=1S/C10H13N3O/c1-7-5-8(6-11)13-9(12-7)14-10(2,3)4/h5H,1-4H3. The van der Waals surface area contributed by atoms with Gasteiger partial charge in [0.1, 0.15) is 17.4 Å². The van der Waals surface area contributed by atoms with E-state index in [9.17, 15) is 0 Å². The molecule has 0 saturated carbocycles. The number of nitriles is 1. The van der Waals surface area contributed by atoms with Crippen molar-refractivity contribution in [3.8, 4) is 12.1 Å². The highest BCUT2D eigenvalue weighted by Crippen LogP contribution is 2.13. The molecule has 0 radical (unpaired) electrons. The molecule has 0 aromatic carbocycles. The second-order valence-corrected chi connectivity index (χ2v) is 4.00. The fourth-order valence-corrected chi connectivity index (χ4v) is 0.918. The Morgan fingerprint density at radius 3 is 2.50 bits per heavy atom. The maximum absolute atomic E-state index is 8.69. The van der Waals surface area contributed by atoms with Crippen LogP contribution in [0, 0.1) is 18.3 Å². The SMILES string of the molecule is Cc1cc(C#N)nc(OC(C)(C)C)n1. The highest BCUT2D eigenvalue weighted by Gasteiger charge is 2.14. The first kappa shape index (κ1) is 10.5.